The Balaban J connectivity index is 2.15. The second-order valence-corrected chi connectivity index (χ2v) is 6.99. The zero-order chi connectivity index (χ0) is 16.1. The molecule has 0 aromatic heterocycles. The molecule has 0 bridgehead atoms. The lowest BCUT2D eigenvalue weighted by atomic mass is 10.2. The smallest absolute Gasteiger partial charge is 0.339 e. The number of carbonyl (C=O) groups is 1. The van der Waals surface area contributed by atoms with Gasteiger partial charge < -0.3 is 4.74 Å². The van der Waals surface area contributed by atoms with E-state index in [1.807, 2.05) is 0 Å². The summed E-state index contributed by atoms with van der Waals surface area (Å²) in [6, 6.07) is 11.7. The number of halogens is 2. The number of benzene rings is 2. The molecule has 22 heavy (non-hydrogen) atoms. The highest BCUT2D eigenvalue weighted by Crippen LogP contribution is 2.22. The SMILES string of the molecule is CC[S@@](=O)c1ccccc1C(=O)OCc1ccc(Cl)cc1Cl. The van der Waals surface area contributed by atoms with Gasteiger partial charge in [-0.2, -0.15) is 0 Å². The van der Waals surface area contributed by atoms with Crippen LogP contribution in [0.3, 0.4) is 0 Å². The van der Waals surface area contributed by atoms with Crippen molar-refractivity contribution in [2.45, 2.75) is 18.4 Å². The van der Waals surface area contributed by atoms with Crippen molar-refractivity contribution in [3.05, 3.63) is 63.6 Å². The average Bonchev–Trinajstić information content (AvgIpc) is 2.53. The summed E-state index contributed by atoms with van der Waals surface area (Å²) in [7, 11) is -1.22. The Morgan fingerprint density at radius 1 is 1.18 bits per heavy atom. The van der Waals surface area contributed by atoms with Crippen molar-refractivity contribution in [3.63, 3.8) is 0 Å². The van der Waals surface area contributed by atoms with E-state index in [4.69, 9.17) is 27.9 Å². The van der Waals surface area contributed by atoms with Crippen LogP contribution in [0.2, 0.25) is 10.0 Å². The van der Waals surface area contributed by atoms with Gasteiger partial charge >= 0.3 is 5.97 Å². The molecular formula is C16H14Cl2O3S. The molecule has 2 rings (SSSR count). The summed E-state index contributed by atoms with van der Waals surface area (Å²) < 4.78 is 17.2. The van der Waals surface area contributed by atoms with Gasteiger partial charge in [-0.3, -0.25) is 4.21 Å². The fourth-order valence-corrected chi connectivity index (χ4v) is 3.25. The second kappa shape index (κ2) is 7.77. The van der Waals surface area contributed by atoms with Crippen LogP contribution in [0.25, 0.3) is 0 Å². The third-order valence-electron chi connectivity index (χ3n) is 2.99. The van der Waals surface area contributed by atoms with Crippen molar-refractivity contribution in [2.24, 2.45) is 0 Å². The maximum absolute atomic E-state index is 12.2. The van der Waals surface area contributed by atoms with Crippen LogP contribution in [-0.4, -0.2) is 15.9 Å². The summed E-state index contributed by atoms with van der Waals surface area (Å²) in [5, 5.41) is 0.953. The van der Waals surface area contributed by atoms with Crippen molar-refractivity contribution in [3.8, 4) is 0 Å². The molecule has 2 aromatic carbocycles. The lowest BCUT2D eigenvalue weighted by Crippen LogP contribution is -2.10. The Morgan fingerprint density at radius 3 is 2.59 bits per heavy atom. The van der Waals surface area contributed by atoms with Gasteiger partial charge in [0, 0.05) is 21.4 Å². The van der Waals surface area contributed by atoms with E-state index in [0.29, 0.717) is 31.8 Å². The molecule has 3 nitrogen and oxygen atoms in total. The van der Waals surface area contributed by atoms with Gasteiger partial charge in [-0.1, -0.05) is 48.3 Å². The Morgan fingerprint density at radius 2 is 1.91 bits per heavy atom. The first kappa shape index (κ1) is 17.0. The van der Waals surface area contributed by atoms with Crippen molar-refractivity contribution in [1.29, 1.82) is 0 Å². The Labute approximate surface area is 141 Å². The van der Waals surface area contributed by atoms with E-state index in [1.165, 1.54) is 0 Å². The summed E-state index contributed by atoms with van der Waals surface area (Å²) in [5.74, 6) is -0.0868. The predicted molar refractivity (Wildman–Crippen MR) is 89.0 cm³/mol. The first-order chi connectivity index (χ1) is 10.5. The number of carbonyl (C=O) groups excluding carboxylic acids is 1. The van der Waals surface area contributed by atoms with E-state index < -0.39 is 16.8 Å². The average molecular weight is 357 g/mol. The van der Waals surface area contributed by atoms with Crippen LogP contribution >= 0.6 is 23.2 Å². The first-order valence-corrected chi connectivity index (χ1v) is 8.69. The minimum atomic E-state index is -1.22. The van der Waals surface area contributed by atoms with Gasteiger partial charge in [0.15, 0.2) is 0 Å². The van der Waals surface area contributed by atoms with Crippen LogP contribution in [0.1, 0.15) is 22.8 Å². The zero-order valence-electron chi connectivity index (χ0n) is 11.8. The highest BCUT2D eigenvalue weighted by molar-refractivity contribution is 7.85. The van der Waals surface area contributed by atoms with Crippen LogP contribution in [0, 0.1) is 0 Å². The van der Waals surface area contributed by atoms with Crippen molar-refractivity contribution < 1.29 is 13.7 Å². The predicted octanol–water partition coefficient (Wildman–Crippen LogP) is 4.48. The van der Waals surface area contributed by atoms with E-state index in [-0.39, 0.29) is 6.61 Å². The molecule has 0 aliphatic heterocycles. The van der Waals surface area contributed by atoms with Gasteiger partial charge in [-0.15, -0.1) is 0 Å². The van der Waals surface area contributed by atoms with Crippen LogP contribution in [0.4, 0.5) is 0 Å². The van der Waals surface area contributed by atoms with E-state index in [1.54, 1.807) is 49.4 Å². The van der Waals surface area contributed by atoms with Gasteiger partial charge in [0.25, 0.3) is 0 Å². The van der Waals surface area contributed by atoms with Gasteiger partial charge in [-0.25, -0.2) is 4.79 Å². The third kappa shape index (κ3) is 4.09. The second-order valence-electron chi connectivity index (χ2n) is 4.44. The molecule has 0 spiro atoms. The highest BCUT2D eigenvalue weighted by Gasteiger charge is 2.16. The largest absolute Gasteiger partial charge is 0.457 e. The normalized spacial score (nSPS) is 12.0. The minimum absolute atomic E-state index is 0.0297. The van der Waals surface area contributed by atoms with Crippen LogP contribution < -0.4 is 0 Å². The molecule has 0 N–H and O–H groups in total. The van der Waals surface area contributed by atoms with E-state index in [9.17, 15) is 9.00 Å². The van der Waals surface area contributed by atoms with Crippen molar-refractivity contribution in [1.82, 2.24) is 0 Å². The monoisotopic (exact) mass is 356 g/mol. The van der Waals surface area contributed by atoms with Gasteiger partial charge in [0.2, 0.25) is 0 Å². The van der Waals surface area contributed by atoms with Gasteiger partial charge in [0.05, 0.1) is 21.3 Å². The summed E-state index contributed by atoms with van der Waals surface area (Å²) >= 11 is 11.9. The summed E-state index contributed by atoms with van der Waals surface area (Å²) in [4.78, 5) is 12.7. The Kier molecular flexibility index (Phi) is 6.00. The maximum Gasteiger partial charge on any atom is 0.339 e. The molecule has 6 heteroatoms. The fraction of sp³-hybridized carbons (Fsp3) is 0.188. The molecule has 0 heterocycles. The molecule has 0 aliphatic rings. The third-order valence-corrected chi connectivity index (χ3v) is 4.95. The molecule has 116 valence electrons. The topological polar surface area (TPSA) is 43.4 Å². The molecular weight excluding hydrogens is 343 g/mol. The maximum atomic E-state index is 12.2. The molecule has 0 amide bonds. The lowest BCUT2D eigenvalue weighted by Gasteiger charge is -2.09. The van der Waals surface area contributed by atoms with Crippen LogP contribution in [0.15, 0.2) is 47.4 Å². The summed E-state index contributed by atoms with van der Waals surface area (Å²) in [5.41, 5.74) is 0.973. The molecule has 0 saturated carbocycles. The molecule has 2 aromatic rings. The minimum Gasteiger partial charge on any atom is -0.457 e. The number of hydrogen-bond donors (Lipinski definition) is 0. The number of ether oxygens (including phenoxy) is 1. The van der Waals surface area contributed by atoms with Crippen molar-refractivity contribution >= 4 is 40.0 Å². The standard InChI is InChI=1S/C16H14Cl2O3S/c1-2-22(20)15-6-4-3-5-13(15)16(19)21-10-11-7-8-12(17)9-14(11)18/h3-9H,2,10H2,1H3/t22-/m1/s1. The molecule has 0 unspecified atom stereocenters. The van der Waals surface area contributed by atoms with E-state index in [2.05, 4.69) is 0 Å². The fourth-order valence-electron chi connectivity index (χ4n) is 1.85. The van der Waals surface area contributed by atoms with Crippen LogP contribution in [-0.2, 0) is 22.1 Å². The number of hydrogen-bond acceptors (Lipinski definition) is 3. The Hall–Kier alpha value is -1.36. The first-order valence-electron chi connectivity index (χ1n) is 6.61. The highest BCUT2D eigenvalue weighted by atomic mass is 35.5. The molecule has 0 aliphatic carbocycles. The zero-order valence-corrected chi connectivity index (χ0v) is 14.2. The number of rotatable bonds is 5. The molecule has 0 fully saturated rings. The van der Waals surface area contributed by atoms with Gasteiger partial charge in [-0.05, 0) is 24.3 Å². The molecule has 0 radical (unpaired) electrons. The number of esters is 1. The molecule has 0 saturated heterocycles. The van der Waals surface area contributed by atoms with Gasteiger partial charge in [0.1, 0.15) is 6.61 Å². The van der Waals surface area contributed by atoms with Crippen LogP contribution in [0.5, 0.6) is 0 Å². The lowest BCUT2D eigenvalue weighted by molar-refractivity contribution is 0.0468. The van der Waals surface area contributed by atoms with Crippen molar-refractivity contribution in [2.75, 3.05) is 5.75 Å². The summed E-state index contributed by atoms with van der Waals surface area (Å²) in [6.07, 6.45) is 0. The van der Waals surface area contributed by atoms with E-state index in [0.717, 1.165) is 0 Å². The molecule has 1 atom stereocenters. The van der Waals surface area contributed by atoms with E-state index >= 15 is 0 Å². The quantitative estimate of drug-likeness (QED) is 0.741. The Bertz CT molecular complexity index is 716. The summed E-state index contributed by atoms with van der Waals surface area (Å²) in [6.45, 7) is 1.83.